The number of H-pyrrole nitrogens is 1. The number of alkyl halides is 3. The van der Waals surface area contributed by atoms with Crippen LogP contribution in [0.1, 0.15) is 49.8 Å². The van der Waals surface area contributed by atoms with Gasteiger partial charge < -0.3 is 0 Å². The maximum absolute atomic E-state index is 13.8. The Hall–Kier alpha value is -1.78. The molecule has 4 fully saturated rings. The number of hydrogen-bond donors (Lipinski definition) is 1. The smallest absolute Gasteiger partial charge is 0.273 e. The summed E-state index contributed by atoms with van der Waals surface area (Å²) >= 11 is 0. The Balaban J connectivity index is 1.71. The summed E-state index contributed by atoms with van der Waals surface area (Å²) in [5.41, 5.74) is 0.770. The lowest BCUT2D eigenvalue weighted by Crippen LogP contribution is -2.49. The van der Waals surface area contributed by atoms with E-state index >= 15 is 0 Å². The van der Waals surface area contributed by atoms with E-state index in [1.807, 2.05) is 30.3 Å². The highest BCUT2D eigenvalue weighted by atomic mass is 19.4. The third kappa shape index (κ3) is 2.35. The van der Waals surface area contributed by atoms with Crippen LogP contribution in [0.4, 0.5) is 13.2 Å². The van der Waals surface area contributed by atoms with Crippen LogP contribution in [0.25, 0.3) is 11.3 Å². The number of hydrogen-bond acceptors (Lipinski definition) is 1. The molecule has 25 heavy (non-hydrogen) atoms. The Labute approximate surface area is 144 Å². The van der Waals surface area contributed by atoms with Gasteiger partial charge in [0.15, 0.2) is 0 Å². The minimum atomic E-state index is -4.39. The van der Waals surface area contributed by atoms with E-state index in [4.69, 9.17) is 0 Å². The monoisotopic (exact) mass is 346 g/mol. The standard InChI is InChI=1S/C20H21F3N2/c21-20(22,23)18-16(17(24-25-18)15-4-2-1-3-5-15)19-9-12-6-13(10-19)8-14(7-12)11-19/h1-5,12-14H,6-11H2,(H,24,25). The van der Waals surface area contributed by atoms with E-state index in [0.29, 0.717) is 29.0 Å². The van der Waals surface area contributed by atoms with E-state index in [2.05, 4.69) is 10.2 Å². The molecule has 5 heteroatoms. The topological polar surface area (TPSA) is 28.7 Å². The van der Waals surface area contributed by atoms with Crippen LogP contribution >= 0.6 is 0 Å². The second kappa shape index (κ2) is 5.12. The average Bonchev–Trinajstić information content (AvgIpc) is 3.00. The number of nitrogens with zero attached hydrogens (tertiary/aromatic N) is 1. The van der Waals surface area contributed by atoms with Gasteiger partial charge in [0.1, 0.15) is 5.69 Å². The van der Waals surface area contributed by atoms with Crippen LogP contribution in [0, 0.1) is 17.8 Å². The van der Waals surface area contributed by atoms with Gasteiger partial charge >= 0.3 is 6.18 Å². The summed E-state index contributed by atoms with van der Waals surface area (Å²) in [6, 6.07) is 9.33. The van der Waals surface area contributed by atoms with Crippen molar-refractivity contribution in [2.75, 3.05) is 0 Å². The number of benzene rings is 1. The maximum atomic E-state index is 13.8. The van der Waals surface area contributed by atoms with Gasteiger partial charge in [-0.05, 0) is 56.3 Å². The van der Waals surface area contributed by atoms with Crippen molar-refractivity contribution >= 4 is 0 Å². The zero-order chi connectivity index (χ0) is 17.2. The first-order valence-corrected chi connectivity index (χ1v) is 9.16. The van der Waals surface area contributed by atoms with Crippen LogP contribution < -0.4 is 0 Å². The molecule has 6 rings (SSSR count). The summed E-state index contributed by atoms with van der Waals surface area (Å²) in [6.45, 7) is 0. The quantitative estimate of drug-likeness (QED) is 0.757. The number of halogens is 3. The first-order chi connectivity index (χ1) is 11.9. The third-order valence-corrected chi connectivity index (χ3v) is 6.67. The molecule has 0 radical (unpaired) electrons. The van der Waals surface area contributed by atoms with Gasteiger partial charge in [0.2, 0.25) is 0 Å². The van der Waals surface area contributed by atoms with E-state index in [1.54, 1.807) is 0 Å². The molecule has 0 atom stereocenters. The molecule has 1 heterocycles. The van der Waals surface area contributed by atoms with Gasteiger partial charge in [-0.3, -0.25) is 5.10 Å². The van der Waals surface area contributed by atoms with Gasteiger partial charge in [-0.2, -0.15) is 18.3 Å². The van der Waals surface area contributed by atoms with E-state index in [0.717, 1.165) is 24.8 Å². The Morgan fingerprint density at radius 1 is 0.920 bits per heavy atom. The van der Waals surface area contributed by atoms with Crippen molar-refractivity contribution in [3.05, 3.63) is 41.6 Å². The van der Waals surface area contributed by atoms with Crippen LogP contribution in [0.3, 0.4) is 0 Å². The van der Waals surface area contributed by atoms with Gasteiger partial charge in [0.25, 0.3) is 0 Å². The lowest BCUT2D eigenvalue weighted by atomic mass is 9.47. The van der Waals surface area contributed by atoms with Gasteiger partial charge in [0, 0.05) is 16.5 Å². The summed E-state index contributed by atoms with van der Waals surface area (Å²) in [4.78, 5) is 0. The predicted molar refractivity (Wildman–Crippen MR) is 88.9 cm³/mol. The highest BCUT2D eigenvalue weighted by Crippen LogP contribution is 2.62. The van der Waals surface area contributed by atoms with E-state index < -0.39 is 11.9 Å². The van der Waals surface area contributed by atoms with E-state index in [1.165, 1.54) is 19.3 Å². The fourth-order valence-electron chi connectivity index (χ4n) is 6.29. The van der Waals surface area contributed by atoms with Crippen molar-refractivity contribution in [2.24, 2.45) is 17.8 Å². The highest BCUT2D eigenvalue weighted by molar-refractivity contribution is 5.66. The Bertz CT molecular complexity index is 756. The summed E-state index contributed by atoms with van der Waals surface area (Å²) in [5, 5.41) is 6.53. The molecular weight excluding hydrogens is 325 g/mol. The molecule has 4 aliphatic rings. The molecule has 2 nitrogen and oxygen atoms in total. The summed E-state index contributed by atoms with van der Waals surface area (Å²) in [5.74, 6) is 1.77. The van der Waals surface area contributed by atoms with Crippen LogP contribution in [0.5, 0.6) is 0 Å². The zero-order valence-electron chi connectivity index (χ0n) is 13.9. The average molecular weight is 346 g/mol. The zero-order valence-corrected chi connectivity index (χ0v) is 13.9. The van der Waals surface area contributed by atoms with Gasteiger partial charge in [-0.15, -0.1) is 0 Å². The molecule has 4 bridgehead atoms. The number of aromatic nitrogens is 2. The minimum Gasteiger partial charge on any atom is -0.273 e. The van der Waals surface area contributed by atoms with Crippen molar-refractivity contribution < 1.29 is 13.2 Å². The maximum Gasteiger partial charge on any atom is 0.433 e. The molecule has 0 aliphatic heterocycles. The Morgan fingerprint density at radius 3 is 2.00 bits per heavy atom. The van der Waals surface area contributed by atoms with Crippen molar-refractivity contribution in [1.29, 1.82) is 0 Å². The highest BCUT2D eigenvalue weighted by Gasteiger charge is 2.55. The Kier molecular flexibility index (Phi) is 3.17. The SMILES string of the molecule is FC(F)(F)c1[nH]nc(-c2ccccc2)c1C12CC3CC(CC(C3)C1)C2. The van der Waals surface area contributed by atoms with Gasteiger partial charge in [-0.1, -0.05) is 30.3 Å². The number of rotatable bonds is 2. The fourth-order valence-corrected chi connectivity index (χ4v) is 6.29. The van der Waals surface area contributed by atoms with Gasteiger partial charge in [0.05, 0.1) is 5.69 Å². The van der Waals surface area contributed by atoms with Crippen molar-refractivity contribution in [3.8, 4) is 11.3 Å². The largest absolute Gasteiger partial charge is 0.433 e. The van der Waals surface area contributed by atoms with Crippen LogP contribution in [0.2, 0.25) is 0 Å². The number of nitrogens with one attached hydrogen (secondary N) is 1. The number of aromatic amines is 1. The van der Waals surface area contributed by atoms with E-state index in [9.17, 15) is 13.2 Å². The van der Waals surface area contributed by atoms with Crippen LogP contribution in [-0.2, 0) is 11.6 Å². The molecule has 1 aromatic carbocycles. The lowest BCUT2D eigenvalue weighted by Gasteiger charge is -2.57. The summed E-state index contributed by atoms with van der Waals surface area (Å²) in [6.07, 6.45) is 1.90. The first kappa shape index (κ1) is 15.5. The first-order valence-electron chi connectivity index (χ1n) is 9.16. The van der Waals surface area contributed by atoms with Crippen molar-refractivity contribution in [2.45, 2.75) is 50.1 Å². The third-order valence-electron chi connectivity index (χ3n) is 6.67. The molecule has 0 amide bonds. The molecule has 132 valence electrons. The fraction of sp³-hybridized carbons (Fsp3) is 0.550. The predicted octanol–water partition coefficient (Wildman–Crippen LogP) is 5.56. The second-order valence-corrected chi connectivity index (χ2v) is 8.38. The van der Waals surface area contributed by atoms with Crippen LogP contribution in [0.15, 0.2) is 30.3 Å². The molecule has 0 saturated heterocycles. The minimum absolute atomic E-state index is 0.349. The van der Waals surface area contributed by atoms with Crippen LogP contribution in [-0.4, -0.2) is 10.2 Å². The molecule has 0 unspecified atom stereocenters. The molecule has 4 saturated carbocycles. The van der Waals surface area contributed by atoms with Crippen molar-refractivity contribution in [3.63, 3.8) is 0 Å². The summed E-state index contributed by atoms with van der Waals surface area (Å²) in [7, 11) is 0. The summed E-state index contributed by atoms with van der Waals surface area (Å²) < 4.78 is 41.4. The Morgan fingerprint density at radius 2 is 1.48 bits per heavy atom. The molecule has 0 spiro atoms. The lowest BCUT2D eigenvalue weighted by molar-refractivity contribution is -0.143. The van der Waals surface area contributed by atoms with Crippen molar-refractivity contribution in [1.82, 2.24) is 10.2 Å². The van der Waals surface area contributed by atoms with Gasteiger partial charge in [-0.25, -0.2) is 0 Å². The second-order valence-electron chi connectivity index (χ2n) is 8.38. The van der Waals surface area contributed by atoms with E-state index in [-0.39, 0.29) is 5.41 Å². The molecule has 2 aromatic rings. The normalized spacial score (nSPS) is 33.8. The molecular formula is C20H21F3N2. The molecule has 4 aliphatic carbocycles. The molecule has 1 aromatic heterocycles. The molecule has 1 N–H and O–H groups in total.